The summed E-state index contributed by atoms with van der Waals surface area (Å²) in [5.41, 5.74) is 1.57. The molecular weight excluding hydrogens is 436 g/mol. The predicted octanol–water partition coefficient (Wildman–Crippen LogP) is 3.20. The highest BCUT2D eigenvalue weighted by atomic mass is 32.2. The molecule has 0 saturated heterocycles. The van der Waals surface area contributed by atoms with Crippen LogP contribution in [0.2, 0.25) is 0 Å². The Morgan fingerprint density at radius 2 is 1.88 bits per heavy atom. The number of benzene rings is 2. The second-order valence-corrected chi connectivity index (χ2v) is 10.6. The van der Waals surface area contributed by atoms with E-state index in [4.69, 9.17) is 4.74 Å². The lowest BCUT2D eigenvalue weighted by atomic mass is 10.0. The van der Waals surface area contributed by atoms with Gasteiger partial charge >= 0.3 is 0 Å². The van der Waals surface area contributed by atoms with Crippen LogP contribution in [-0.4, -0.2) is 68.2 Å². The van der Waals surface area contributed by atoms with E-state index in [1.54, 1.807) is 25.1 Å². The fraction of sp³-hybridized carbons (Fsp3) is 0.462. The van der Waals surface area contributed by atoms with Gasteiger partial charge in [0.05, 0.1) is 6.61 Å². The van der Waals surface area contributed by atoms with Gasteiger partial charge in [0.1, 0.15) is 16.7 Å². The Hall–Kier alpha value is -2.37. The van der Waals surface area contributed by atoms with Crippen LogP contribution in [0.3, 0.4) is 0 Å². The Balaban J connectivity index is 2.05. The van der Waals surface area contributed by atoms with Gasteiger partial charge in [-0.2, -0.15) is 4.31 Å². The number of hydrogen-bond donors (Lipinski definition) is 1. The summed E-state index contributed by atoms with van der Waals surface area (Å²) < 4.78 is 34.8. The van der Waals surface area contributed by atoms with Gasteiger partial charge in [-0.05, 0) is 57.3 Å². The Bertz CT molecular complexity index is 1090. The van der Waals surface area contributed by atoms with Crippen LogP contribution in [-0.2, 0) is 10.0 Å². The maximum absolute atomic E-state index is 13.5. The molecule has 0 spiro atoms. The molecule has 1 N–H and O–H groups in total. The van der Waals surface area contributed by atoms with E-state index in [2.05, 4.69) is 23.7 Å². The standard InChI is InChI=1S/C26H34N2O4S/c1-5-15-27(4)18-25-20(2)17-28(21(3)19-29)33(30,31)26-14-13-23(16-24(26)32-25)12-11-22-9-7-6-8-10-22/h6-10,13-14,16,20-21,25,29H,5,15,17-19H2,1-4H3/t20-,21+,25+/m0/s1. The number of fused-ring (bicyclic) bond motifs is 1. The number of aliphatic hydroxyl groups excluding tert-OH is 1. The summed E-state index contributed by atoms with van der Waals surface area (Å²) in [6.07, 6.45) is 0.816. The summed E-state index contributed by atoms with van der Waals surface area (Å²) in [6, 6.07) is 14.1. The summed E-state index contributed by atoms with van der Waals surface area (Å²) in [7, 11) is -1.80. The topological polar surface area (TPSA) is 70.1 Å². The highest BCUT2D eigenvalue weighted by Crippen LogP contribution is 2.34. The summed E-state index contributed by atoms with van der Waals surface area (Å²) in [4.78, 5) is 2.32. The molecule has 0 aliphatic carbocycles. The van der Waals surface area contributed by atoms with Crippen molar-refractivity contribution in [2.24, 2.45) is 5.92 Å². The van der Waals surface area contributed by atoms with Gasteiger partial charge in [0, 0.05) is 36.2 Å². The number of hydrogen-bond acceptors (Lipinski definition) is 5. The minimum absolute atomic E-state index is 0.0692. The lowest BCUT2D eigenvalue weighted by Gasteiger charge is -2.37. The molecule has 0 radical (unpaired) electrons. The van der Waals surface area contributed by atoms with Gasteiger partial charge in [0.15, 0.2) is 0 Å². The summed E-state index contributed by atoms with van der Waals surface area (Å²) in [5.74, 6) is 6.48. The third kappa shape index (κ3) is 6.15. The summed E-state index contributed by atoms with van der Waals surface area (Å²) in [6.45, 7) is 7.49. The normalized spacial score (nSPS) is 21.2. The minimum atomic E-state index is -3.85. The van der Waals surface area contributed by atoms with Gasteiger partial charge in [-0.1, -0.05) is 43.9 Å². The maximum atomic E-state index is 13.5. The van der Waals surface area contributed by atoms with E-state index in [0.717, 1.165) is 18.5 Å². The van der Waals surface area contributed by atoms with Crippen LogP contribution in [0, 0.1) is 17.8 Å². The molecule has 0 unspecified atom stereocenters. The zero-order valence-corrected chi connectivity index (χ0v) is 20.7. The van der Waals surface area contributed by atoms with Crippen molar-refractivity contribution in [3.05, 3.63) is 59.7 Å². The van der Waals surface area contributed by atoms with E-state index in [1.807, 2.05) is 44.3 Å². The van der Waals surface area contributed by atoms with Crippen LogP contribution >= 0.6 is 0 Å². The fourth-order valence-electron chi connectivity index (χ4n) is 3.97. The first-order valence-corrected chi connectivity index (χ1v) is 12.9. The van der Waals surface area contributed by atoms with E-state index >= 15 is 0 Å². The van der Waals surface area contributed by atoms with E-state index in [9.17, 15) is 13.5 Å². The molecule has 0 fully saturated rings. The molecule has 6 nitrogen and oxygen atoms in total. The third-order valence-electron chi connectivity index (χ3n) is 5.89. The average Bonchev–Trinajstić information content (AvgIpc) is 2.80. The molecule has 0 saturated carbocycles. The van der Waals surface area contributed by atoms with Crippen molar-refractivity contribution in [1.29, 1.82) is 0 Å². The Labute approximate surface area is 198 Å². The van der Waals surface area contributed by atoms with E-state index in [0.29, 0.717) is 17.9 Å². The summed E-state index contributed by atoms with van der Waals surface area (Å²) in [5, 5.41) is 9.76. The van der Waals surface area contributed by atoms with E-state index in [1.165, 1.54) is 4.31 Å². The first-order valence-electron chi connectivity index (χ1n) is 11.4. The highest BCUT2D eigenvalue weighted by molar-refractivity contribution is 7.89. The minimum Gasteiger partial charge on any atom is -0.487 e. The van der Waals surface area contributed by atoms with Crippen molar-refractivity contribution >= 4 is 10.0 Å². The molecule has 1 aliphatic rings. The summed E-state index contributed by atoms with van der Waals surface area (Å²) >= 11 is 0. The van der Waals surface area contributed by atoms with Crippen molar-refractivity contribution in [2.75, 3.05) is 33.3 Å². The maximum Gasteiger partial charge on any atom is 0.247 e. The molecule has 0 amide bonds. The Kier molecular flexibility index (Phi) is 8.55. The van der Waals surface area contributed by atoms with E-state index < -0.39 is 16.1 Å². The molecule has 1 heterocycles. The molecular formula is C26H34N2O4S. The molecule has 3 rings (SSSR count). The molecule has 2 aromatic carbocycles. The van der Waals surface area contributed by atoms with Crippen LogP contribution in [0.15, 0.2) is 53.4 Å². The van der Waals surface area contributed by atoms with Crippen LogP contribution in [0.4, 0.5) is 0 Å². The van der Waals surface area contributed by atoms with E-state index in [-0.39, 0.29) is 30.1 Å². The Morgan fingerprint density at radius 1 is 1.18 bits per heavy atom. The third-order valence-corrected chi connectivity index (χ3v) is 7.91. The number of aliphatic hydroxyl groups is 1. The SMILES string of the molecule is CCCN(C)C[C@H]1Oc2cc(C#Cc3ccccc3)ccc2S(=O)(=O)N([C@H](C)CO)C[C@@H]1C. The van der Waals surface area contributed by atoms with Crippen molar-refractivity contribution in [3.63, 3.8) is 0 Å². The predicted molar refractivity (Wildman–Crippen MR) is 131 cm³/mol. The molecule has 2 aromatic rings. The second kappa shape index (κ2) is 11.2. The highest BCUT2D eigenvalue weighted by Gasteiger charge is 2.38. The number of sulfonamides is 1. The lowest BCUT2D eigenvalue weighted by molar-refractivity contribution is 0.0752. The van der Waals surface area contributed by atoms with Crippen LogP contribution in [0.25, 0.3) is 0 Å². The molecule has 33 heavy (non-hydrogen) atoms. The monoisotopic (exact) mass is 470 g/mol. The van der Waals surface area contributed by atoms with Crippen molar-refractivity contribution in [1.82, 2.24) is 9.21 Å². The first kappa shape index (κ1) is 25.3. The molecule has 0 aromatic heterocycles. The molecule has 0 bridgehead atoms. The number of likely N-dealkylation sites (N-methyl/N-ethyl adjacent to an activating group) is 1. The molecule has 3 atom stereocenters. The van der Waals surface area contributed by atoms with Crippen LogP contribution in [0.5, 0.6) is 5.75 Å². The van der Waals surface area contributed by atoms with Gasteiger partial charge in [-0.15, -0.1) is 0 Å². The number of rotatable bonds is 6. The van der Waals surface area contributed by atoms with Gasteiger partial charge in [0.2, 0.25) is 10.0 Å². The van der Waals surface area contributed by atoms with Crippen molar-refractivity contribution in [3.8, 4) is 17.6 Å². The largest absolute Gasteiger partial charge is 0.487 e. The zero-order chi connectivity index (χ0) is 24.0. The van der Waals surface area contributed by atoms with Crippen molar-refractivity contribution in [2.45, 2.75) is 44.2 Å². The van der Waals surface area contributed by atoms with Crippen LogP contribution in [0.1, 0.15) is 38.3 Å². The van der Waals surface area contributed by atoms with Gasteiger partial charge < -0.3 is 14.7 Å². The smallest absolute Gasteiger partial charge is 0.247 e. The van der Waals surface area contributed by atoms with Crippen LogP contribution < -0.4 is 4.74 Å². The van der Waals surface area contributed by atoms with Gasteiger partial charge in [0.25, 0.3) is 0 Å². The Morgan fingerprint density at radius 3 is 2.55 bits per heavy atom. The average molecular weight is 471 g/mol. The fourth-order valence-corrected chi connectivity index (χ4v) is 5.79. The number of ether oxygens (including phenoxy) is 1. The first-order chi connectivity index (χ1) is 15.8. The molecule has 178 valence electrons. The van der Waals surface area contributed by atoms with Crippen molar-refractivity contribution < 1.29 is 18.3 Å². The lowest BCUT2D eigenvalue weighted by Crippen LogP contribution is -2.49. The molecule has 7 heteroatoms. The quantitative estimate of drug-likeness (QED) is 0.657. The number of nitrogens with zero attached hydrogens (tertiary/aromatic N) is 2. The zero-order valence-electron chi connectivity index (χ0n) is 19.9. The second-order valence-electron chi connectivity index (χ2n) is 8.78. The molecule has 1 aliphatic heterocycles. The van der Waals surface area contributed by atoms with Gasteiger partial charge in [-0.3, -0.25) is 0 Å². The van der Waals surface area contributed by atoms with Gasteiger partial charge in [-0.25, -0.2) is 8.42 Å².